The van der Waals surface area contributed by atoms with Gasteiger partial charge in [-0.3, -0.25) is 0 Å². The molecule has 1 aliphatic heterocycles. The van der Waals surface area contributed by atoms with Gasteiger partial charge in [0.05, 0.1) is 5.75 Å². The molecule has 0 bridgehead atoms. The second kappa shape index (κ2) is 6.59. The average molecular weight is 296 g/mol. The van der Waals surface area contributed by atoms with E-state index in [1.165, 1.54) is 11.3 Å². The lowest BCUT2D eigenvalue weighted by molar-refractivity contribution is 0.591. The normalized spacial score (nSPS) is 15.2. The van der Waals surface area contributed by atoms with Crippen LogP contribution in [0.3, 0.4) is 0 Å². The number of hydrogen-bond donors (Lipinski definition) is 1. The van der Waals surface area contributed by atoms with E-state index in [2.05, 4.69) is 17.0 Å². The predicted molar refractivity (Wildman–Crippen MR) is 83.8 cm³/mol. The molecule has 0 unspecified atom stereocenters. The fourth-order valence-electron chi connectivity index (χ4n) is 2.75. The number of aryl methyl sites for hydroxylation is 1. The largest absolute Gasteiger partial charge is 0.370 e. The summed E-state index contributed by atoms with van der Waals surface area (Å²) >= 11 is 0. The fraction of sp³-hybridized carbons (Fsp3) is 0.600. The number of fused-ring (bicyclic) bond motifs is 1. The van der Waals surface area contributed by atoms with E-state index in [-0.39, 0.29) is 5.75 Å². The molecular weight excluding hydrogens is 272 g/mol. The molecule has 0 aromatic heterocycles. The maximum Gasteiger partial charge on any atom is 0.152 e. The zero-order valence-electron chi connectivity index (χ0n) is 12.1. The molecule has 1 aromatic carbocycles. The highest BCUT2D eigenvalue weighted by atomic mass is 32.2. The van der Waals surface area contributed by atoms with Crippen molar-refractivity contribution >= 4 is 15.5 Å². The van der Waals surface area contributed by atoms with Crippen LogP contribution in [0.1, 0.15) is 30.9 Å². The van der Waals surface area contributed by atoms with Gasteiger partial charge in [-0.05, 0) is 36.5 Å². The number of sulfone groups is 1. The van der Waals surface area contributed by atoms with Crippen molar-refractivity contribution in [3.63, 3.8) is 0 Å². The van der Waals surface area contributed by atoms with Crippen molar-refractivity contribution in [1.82, 2.24) is 0 Å². The molecule has 0 saturated carbocycles. The zero-order chi connectivity index (χ0) is 14.6. The van der Waals surface area contributed by atoms with E-state index >= 15 is 0 Å². The molecule has 112 valence electrons. The number of anilines is 1. The number of nitrogens with two attached hydrogens (primary N) is 1. The molecule has 0 atom stereocenters. The first-order valence-electron chi connectivity index (χ1n) is 7.33. The van der Waals surface area contributed by atoms with Crippen molar-refractivity contribution in [2.45, 2.75) is 32.7 Å². The molecule has 5 heteroatoms. The molecule has 0 amide bonds. The van der Waals surface area contributed by atoms with E-state index in [1.807, 2.05) is 13.0 Å². The SMILES string of the molecule is CCCS(=O)(=O)CCN1CCCc2cc(CN)ccc21. The van der Waals surface area contributed by atoms with Gasteiger partial charge in [0.1, 0.15) is 0 Å². The maximum absolute atomic E-state index is 11.8. The molecule has 4 nitrogen and oxygen atoms in total. The van der Waals surface area contributed by atoms with E-state index in [4.69, 9.17) is 5.73 Å². The molecule has 2 N–H and O–H groups in total. The van der Waals surface area contributed by atoms with Crippen LogP contribution in [0.15, 0.2) is 18.2 Å². The summed E-state index contributed by atoms with van der Waals surface area (Å²) < 4.78 is 23.7. The highest BCUT2D eigenvalue weighted by molar-refractivity contribution is 7.91. The molecule has 0 fully saturated rings. The zero-order valence-corrected chi connectivity index (χ0v) is 13.0. The predicted octanol–water partition coefficient (Wildman–Crippen LogP) is 1.72. The van der Waals surface area contributed by atoms with Crippen LogP contribution in [-0.2, 0) is 22.8 Å². The third-order valence-corrected chi connectivity index (χ3v) is 5.62. The standard InChI is InChI=1S/C15H24N2O2S/c1-2-9-20(18,19)10-8-17-7-3-4-14-11-13(12-16)5-6-15(14)17/h5-6,11H,2-4,7-10,12,16H2,1H3. The van der Waals surface area contributed by atoms with Gasteiger partial charge in [-0.1, -0.05) is 19.1 Å². The van der Waals surface area contributed by atoms with Gasteiger partial charge in [-0.2, -0.15) is 0 Å². The second-order valence-electron chi connectivity index (χ2n) is 5.41. The van der Waals surface area contributed by atoms with Crippen LogP contribution in [0.25, 0.3) is 0 Å². The molecule has 20 heavy (non-hydrogen) atoms. The van der Waals surface area contributed by atoms with Crippen molar-refractivity contribution in [3.05, 3.63) is 29.3 Å². The lowest BCUT2D eigenvalue weighted by Gasteiger charge is -2.31. The van der Waals surface area contributed by atoms with Gasteiger partial charge < -0.3 is 10.6 Å². The van der Waals surface area contributed by atoms with Crippen LogP contribution in [0.2, 0.25) is 0 Å². The van der Waals surface area contributed by atoms with Crippen LogP contribution >= 0.6 is 0 Å². The summed E-state index contributed by atoms with van der Waals surface area (Å²) in [7, 11) is -2.91. The Kier molecular flexibility index (Phi) is 5.05. The van der Waals surface area contributed by atoms with E-state index < -0.39 is 9.84 Å². The molecule has 0 saturated heterocycles. The van der Waals surface area contributed by atoms with Gasteiger partial charge in [0.2, 0.25) is 0 Å². The van der Waals surface area contributed by atoms with Crippen LogP contribution in [0.5, 0.6) is 0 Å². The highest BCUT2D eigenvalue weighted by Gasteiger charge is 2.19. The van der Waals surface area contributed by atoms with Gasteiger partial charge in [0.25, 0.3) is 0 Å². The lowest BCUT2D eigenvalue weighted by atomic mass is 9.99. The number of rotatable bonds is 6. The van der Waals surface area contributed by atoms with Crippen molar-refractivity contribution in [1.29, 1.82) is 0 Å². The summed E-state index contributed by atoms with van der Waals surface area (Å²) in [4.78, 5) is 2.20. The third kappa shape index (κ3) is 3.73. The third-order valence-electron chi connectivity index (χ3n) is 3.78. The smallest absolute Gasteiger partial charge is 0.152 e. The van der Waals surface area contributed by atoms with E-state index in [9.17, 15) is 8.42 Å². The fourth-order valence-corrected chi connectivity index (χ4v) is 4.07. The van der Waals surface area contributed by atoms with Gasteiger partial charge in [0.15, 0.2) is 9.84 Å². The molecular formula is C15H24N2O2S. The number of hydrogen-bond acceptors (Lipinski definition) is 4. The van der Waals surface area contributed by atoms with Gasteiger partial charge >= 0.3 is 0 Å². The first-order valence-corrected chi connectivity index (χ1v) is 9.15. The summed E-state index contributed by atoms with van der Waals surface area (Å²) in [5.74, 6) is 0.540. The molecule has 0 aliphatic carbocycles. The Hall–Kier alpha value is -1.07. The molecule has 1 aliphatic rings. The van der Waals surface area contributed by atoms with Gasteiger partial charge in [-0.25, -0.2) is 8.42 Å². The number of benzene rings is 1. The monoisotopic (exact) mass is 296 g/mol. The average Bonchev–Trinajstić information content (AvgIpc) is 2.44. The minimum atomic E-state index is -2.91. The first-order chi connectivity index (χ1) is 9.55. The van der Waals surface area contributed by atoms with Crippen LogP contribution in [-0.4, -0.2) is 33.0 Å². The molecule has 1 heterocycles. The highest BCUT2D eigenvalue weighted by Crippen LogP contribution is 2.27. The maximum atomic E-state index is 11.8. The van der Waals surface area contributed by atoms with Crippen molar-refractivity contribution in [2.75, 3.05) is 29.5 Å². The Morgan fingerprint density at radius 3 is 2.80 bits per heavy atom. The Bertz CT molecular complexity index is 555. The van der Waals surface area contributed by atoms with Crippen molar-refractivity contribution < 1.29 is 8.42 Å². The summed E-state index contributed by atoms with van der Waals surface area (Å²) in [6.45, 7) is 3.99. The molecule has 0 radical (unpaired) electrons. The van der Waals surface area contributed by atoms with Crippen LogP contribution in [0.4, 0.5) is 5.69 Å². The van der Waals surface area contributed by atoms with Gasteiger partial charge in [0, 0.05) is 31.1 Å². The summed E-state index contributed by atoms with van der Waals surface area (Å²) in [6.07, 6.45) is 2.83. The minimum absolute atomic E-state index is 0.249. The molecule has 2 rings (SSSR count). The summed E-state index contributed by atoms with van der Waals surface area (Å²) in [6, 6.07) is 6.28. The minimum Gasteiger partial charge on any atom is -0.370 e. The second-order valence-corrected chi connectivity index (χ2v) is 7.71. The van der Waals surface area contributed by atoms with E-state index in [0.29, 0.717) is 25.3 Å². The summed E-state index contributed by atoms with van der Waals surface area (Å²) in [5, 5.41) is 0. The Balaban J connectivity index is 2.09. The Morgan fingerprint density at radius 2 is 2.10 bits per heavy atom. The summed E-state index contributed by atoms with van der Waals surface area (Å²) in [5.41, 5.74) is 9.30. The van der Waals surface area contributed by atoms with Crippen molar-refractivity contribution in [2.24, 2.45) is 5.73 Å². The van der Waals surface area contributed by atoms with E-state index in [0.717, 1.165) is 24.9 Å². The lowest BCUT2D eigenvalue weighted by Crippen LogP contribution is -2.34. The van der Waals surface area contributed by atoms with E-state index in [1.54, 1.807) is 0 Å². The molecule has 0 spiro atoms. The first kappa shape index (κ1) is 15.3. The molecule has 1 aromatic rings. The Labute approximate surface area is 121 Å². The number of nitrogens with zero attached hydrogens (tertiary/aromatic N) is 1. The van der Waals surface area contributed by atoms with Crippen molar-refractivity contribution in [3.8, 4) is 0 Å². The van der Waals surface area contributed by atoms with Crippen LogP contribution < -0.4 is 10.6 Å². The topological polar surface area (TPSA) is 63.4 Å². The Morgan fingerprint density at radius 1 is 1.30 bits per heavy atom. The van der Waals surface area contributed by atoms with Crippen LogP contribution in [0, 0.1) is 0 Å². The quantitative estimate of drug-likeness (QED) is 0.868. The van der Waals surface area contributed by atoms with Gasteiger partial charge in [-0.15, -0.1) is 0 Å².